The molecule has 2 aliphatic rings. The molecule has 0 atom stereocenters. The Labute approximate surface area is 178 Å². The van der Waals surface area contributed by atoms with Gasteiger partial charge >= 0.3 is 0 Å². The van der Waals surface area contributed by atoms with Crippen molar-refractivity contribution < 1.29 is 0 Å². The Morgan fingerprint density at radius 1 is 0.733 bits per heavy atom. The van der Waals surface area contributed by atoms with E-state index in [0.29, 0.717) is 6.04 Å². The maximum atomic E-state index is 4.93. The molecule has 2 heterocycles. The molecule has 30 heavy (non-hydrogen) atoms. The summed E-state index contributed by atoms with van der Waals surface area (Å²) in [6.07, 6.45) is 5.02. The van der Waals surface area contributed by atoms with Gasteiger partial charge in [-0.1, -0.05) is 61.4 Å². The van der Waals surface area contributed by atoms with Crippen LogP contribution in [-0.4, -0.2) is 42.2 Å². The van der Waals surface area contributed by atoms with E-state index >= 15 is 0 Å². The van der Waals surface area contributed by atoms with Gasteiger partial charge in [-0.3, -0.25) is 0 Å². The molecule has 5 heteroatoms. The number of para-hydroxylation sites is 1. The minimum Gasteiger partial charge on any atom is -0.368 e. The SMILES string of the molecule is c1ccc(-c2cc(N3CCN(c4ccccc4)CC3)nc(NC3CCCC3)n2)cc1. The molecular formula is C25H29N5. The fourth-order valence-electron chi connectivity index (χ4n) is 4.50. The third kappa shape index (κ3) is 4.25. The maximum Gasteiger partial charge on any atom is 0.225 e. The number of anilines is 3. The third-order valence-electron chi connectivity index (χ3n) is 6.20. The van der Waals surface area contributed by atoms with E-state index in [1.165, 1.54) is 31.4 Å². The van der Waals surface area contributed by atoms with Gasteiger partial charge in [0.2, 0.25) is 5.95 Å². The van der Waals surface area contributed by atoms with Crippen molar-refractivity contribution in [2.45, 2.75) is 31.7 Å². The fraction of sp³-hybridized carbons (Fsp3) is 0.360. The molecular weight excluding hydrogens is 370 g/mol. The Bertz CT molecular complexity index is 946. The highest BCUT2D eigenvalue weighted by Crippen LogP contribution is 2.27. The molecule has 0 bridgehead atoms. The Kier molecular flexibility index (Phi) is 5.51. The molecule has 2 aromatic carbocycles. The molecule has 154 valence electrons. The van der Waals surface area contributed by atoms with Crippen LogP contribution in [0.15, 0.2) is 66.7 Å². The largest absolute Gasteiger partial charge is 0.368 e. The van der Waals surface area contributed by atoms with Crippen molar-refractivity contribution in [2.24, 2.45) is 0 Å². The standard InChI is InChI=1S/C25H29N5/c1-3-9-20(10-4-1)23-19-24(28-25(27-23)26-21-11-7-8-12-21)30-17-15-29(16-18-30)22-13-5-2-6-14-22/h1-6,9-10,13-14,19,21H,7-8,11-12,15-18H2,(H,26,27,28). The van der Waals surface area contributed by atoms with Crippen molar-refractivity contribution in [1.29, 1.82) is 0 Å². The number of piperazine rings is 1. The summed E-state index contributed by atoms with van der Waals surface area (Å²) < 4.78 is 0. The summed E-state index contributed by atoms with van der Waals surface area (Å²) in [6.45, 7) is 3.92. The van der Waals surface area contributed by atoms with E-state index in [0.717, 1.165) is 49.2 Å². The van der Waals surface area contributed by atoms with Gasteiger partial charge in [-0.05, 0) is 25.0 Å². The number of aromatic nitrogens is 2. The first-order valence-electron chi connectivity index (χ1n) is 11.1. The lowest BCUT2D eigenvalue weighted by Gasteiger charge is -2.37. The fourth-order valence-corrected chi connectivity index (χ4v) is 4.50. The molecule has 1 saturated heterocycles. The molecule has 0 radical (unpaired) electrons. The topological polar surface area (TPSA) is 44.3 Å². The molecule has 5 rings (SSSR count). The summed E-state index contributed by atoms with van der Waals surface area (Å²) in [5.41, 5.74) is 3.43. The van der Waals surface area contributed by atoms with Crippen LogP contribution in [0.2, 0.25) is 0 Å². The Balaban J connectivity index is 1.38. The second kappa shape index (κ2) is 8.74. The molecule has 1 saturated carbocycles. The van der Waals surface area contributed by atoms with E-state index in [2.05, 4.69) is 75.8 Å². The summed E-state index contributed by atoms with van der Waals surface area (Å²) in [7, 11) is 0. The number of rotatable bonds is 5. The maximum absolute atomic E-state index is 4.93. The zero-order chi connectivity index (χ0) is 20.2. The first kappa shape index (κ1) is 18.9. The van der Waals surface area contributed by atoms with Crippen molar-refractivity contribution in [3.8, 4) is 11.3 Å². The lowest BCUT2D eigenvalue weighted by atomic mass is 10.1. The van der Waals surface area contributed by atoms with E-state index in [9.17, 15) is 0 Å². The predicted octanol–water partition coefficient (Wildman–Crippen LogP) is 4.82. The molecule has 0 spiro atoms. The lowest BCUT2D eigenvalue weighted by Crippen LogP contribution is -2.46. The second-order valence-electron chi connectivity index (χ2n) is 8.24. The van der Waals surface area contributed by atoms with Gasteiger partial charge < -0.3 is 15.1 Å². The van der Waals surface area contributed by atoms with Gasteiger partial charge in [0, 0.05) is 49.5 Å². The monoisotopic (exact) mass is 399 g/mol. The van der Waals surface area contributed by atoms with Crippen LogP contribution in [0.4, 0.5) is 17.5 Å². The zero-order valence-electron chi connectivity index (χ0n) is 17.4. The van der Waals surface area contributed by atoms with Crippen LogP contribution in [0.1, 0.15) is 25.7 Å². The molecule has 1 aliphatic carbocycles. The number of nitrogens with zero attached hydrogens (tertiary/aromatic N) is 4. The van der Waals surface area contributed by atoms with E-state index in [4.69, 9.17) is 9.97 Å². The summed E-state index contributed by atoms with van der Waals surface area (Å²) >= 11 is 0. The summed E-state index contributed by atoms with van der Waals surface area (Å²) in [5.74, 6) is 1.79. The highest BCUT2D eigenvalue weighted by molar-refractivity contribution is 5.65. The first-order valence-corrected chi connectivity index (χ1v) is 11.1. The Morgan fingerprint density at radius 2 is 1.37 bits per heavy atom. The van der Waals surface area contributed by atoms with Crippen LogP contribution in [-0.2, 0) is 0 Å². The molecule has 1 aromatic heterocycles. The van der Waals surface area contributed by atoms with Crippen molar-refractivity contribution in [2.75, 3.05) is 41.3 Å². The van der Waals surface area contributed by atoms with Crippen LogP contribution < -0.4 is 15.1 Å². The van der Waals surface area contributed by atoms with E-state index in [-0.39, 0.29) is 0 Å². The van der Waals surface area contributed by atoms with Gasteiger partial charge in [-0.15, -0.1) is 0 Å². The van der Waals surface area contributed by atoms with Gasteiger partial charge in [-0.25, -0.2) is 4.98 Å². The first-order chi connectivity index (χ1) is 14.8. The highest BCUT2D eigenvalue weighted by atomic mass is 15.3. The van der Waals surface area contributed by atoms with E-state index in [1.807, 2.05) is 6.07 Å². The molecule has 3 aromatic rings. The van der Waals surface area contributed by atoms with Crippen molar-refractivity contribution >= 4 is 17.5 Å². The molecule has 1 N–H and O–H groups in total. The van der Waals surface area contributed by atoms with Gasteiger partial charge in [0.05, 0.1) is 5.69 Å². The molecule has 0 unspecified atom stereocenters. The van der Waals surface area contributed by atoms with Gasteiger partial charge in [-0.2, -0.15) is 4.98 Å². The van der Waals surface area contributed by atoms with Crippen molar-refractivity contribution in [3.63, 3.8) is 0 Å². The number of hydrogen-bond donors (Lipinski definition) is 1. The summed E-state index contributed by atoms with van der Waals surface area (Å²) in [4.78, 5) is 14.6. The smallest absolute Gasteiger partial charge is 0.225 e. The lowest BCUT2D eigenvalue weighted by molar-refractivity contribution is 0.646. The third-order valence-corrected chi connectivity index (χ3v) is 6.20. The normalized spacial score (nSPS) is 17.3. The molecule has 5 nitrogen and oxygen atoms in total. The predicted molar refractivity (Wildman–Crippen MR) is 124 cm³/mol. The minimum absolute atomic E-state index is 0.499. The highest BCUT2D eigenvalue weighted by Gasteiger charge is 2.21. The van der Waals surface area contributed by atoms with Gasteiger partial charge in [0.25, 0.3) is 0 Å². The van der Waals surface area contributed by atoms with E-state index < -0.39 is 0 Å². The molecule has 2 fully saturated rings. The number of nitrogens with one attached hydrogen (secondary N) is 1. The molecule has 0 amide bonds. The van der Waals surface area contributed by atoms with Crippen LogP contribution in [0, 0.1) is 0 Å². The average Bonchev–Trinajstić information content (AvgIpc) is 3.33. The quantitative estimate of drug-likeness (QED) is 0.666. The number of benzene rings is 2. The molecule has 1 aliphatic heterocycles. The van der Waals surface area contributed by atoms with Crippen LogP contribution in [0.3, 0.4) is 0 Å². The van der Waals surface area contributed by atoms with Crippen LogP contribution in [0.25, 0.3) is 11.3 Å². The van der Waals surface area contributed by atoms with Crippen LogP contribution >= 0.6 is 0 Å². The average molecular weight is 400 g/mol. The Hall–Kier alpha value is -3.08. The van der Waals surface area contributed by atoms with Crippen molar-refractivity contribution in [1.82, 2.24) is 9.97 Å². The summed E-state index contributed by atoms with van der Waals surface area (Å²) in [5, 5.41) is 3.61. The second-order valence-corrected chi connectivity index (χ2v) is 8.24. The summed E-state index contributed by atoms with van der Waals surface area (Å²) in [6, 6.07) is 23.8. The minimum atomic E-state index is 0.499. The Morgan fingerprint density at radius 3 is 2.07 bits per heavy atom. The number of hydrogen-bond acceptors (Lipinski definition) is 5. The van der Waals surface area contributed by atoms with Crippen molar-refractivity contribution in [3.05, 3.63) is 66.7 Å². The van der Waals surface area contributed by atoms with Gasteiger partial charge in [0.1, 0.15) is 5.82 Å². The van der Waals surface area contributed by atoms with Gasteiger partial charge in [0.15, 0.2) is 0 Å². The zero-order valence-corrected chi connectivity index (χ0v) is 17.4. The van der Waals surface area contributed by atoms with Crippen LogP contribution in [0.5, 0.6) is 0 Å². The van der Waals surface area contributed by atoms with E-state index in [1.54, 1.807) is 0 Å².